The minimum atomic E-state index is -1.90. The Balaban J connectivity index is 1.98. The van der Waals surface area contributed by atoms with Crippen molar-refractivity contribution >= 4 is 26.0 Å². The first-order valence-electron chi connectivity index (χ1n) is 12.4. The van der Waals surface area contributed by atoms with Crippen LogP contribution in [0.2, 0.25) is 19.1 Å². The summed E-state index contributed by atoms with van der Waals surface area (Å²) in [6.45, 7) is 11.6. The fraction of sp³-hybridized carbons (Fsp3) is 0.464. The van der Waals surface area contributed by atoms with Crippen LogP contribution in [0.5, 0.6) is 0 Å². The highest BCUT2D eigenvalue weighted by Crippen LogP contribution is 2.33. The van der Waals surface area contributed by atoms with Gasteiger partial charge in [-0.15, -0.1) is 0 Å². The Morgan fingerprint density at radius 1 is 1.11 bits per heavy atom. The summed E-state index contributed by atoms with van der Waals surface area (Å²) in [5.74, 6) is -1.11. The number of rotatable bonds is 6. The van der Waals surface area contributed by atoms with Crippen LogP contribution in [-0.4, -0.2) is 60.8 Å². The molecule has 7 nitrogen and oxygen atoms in total. The standard InChI is InChI=1S/C28H37FN2O5Si/c1-19(22-10-8-9-11-23(22)29)30(16-20-12-14-21(15-13-20)26(33)35-5)25(32)24-17-37(6,7)18-31(24)27(34)36-28(2,3)4/h8-15,19,24H,16-18H2,1-7H3. The number of benzene rings is 2. The Kier molecular flexibility index (Phi) is 8.47. The topological polar surface area (TPSA) is 76.2 Å². The van der Waals surface area contributed by atoms with Crippen LogP contribution in [0.15, 0.2) is 48.5 Å². The van der Waals surface area contributed by atoms with Gasteiger partial charge in [-0.1, -0.05) is 43.4 Å². The number of amides is 2. The molecule has 0 aromatic heterocycles. The Morgan fingerprint density at radius 2 is 1.73 bits per heavy atom. The summed E-state index contributed by atoms with van der Waals surface area (Å²) in [5, 5.41) is 0. The van der Waals surface area contributed by atoms with Crippen molar-refractivity contribution < 1.29 is 28.2 Å². The van der Waals surface area contributed by atoms with Crippen LogP contribution in [0.4, 0.5) is 9.18 Å². The van der Waals surface area contributed by atoms with Crippen molar-refractivity contribution in [3.8, 4) is 0 Å². The van der Waals surface area contributed by atoms with Crippen molar-refractivity contribution in [3.63, 3.8) is 0 Å². The average molecular weight is 529 g/mol. The summed E-state index contributed by atoms with van der Waals surface area (Å²) in [4.78, 5) is 42.3. The zero-order chi connectivity index (χ0) is 27.5. The van der Waals surface area contributed by atoms with E-state index in [0.717, 1.165) is 5.56 Å². The van der Waals surface area contributed by atoms with E-state index >= 15 is 0 Å². The minimum Gasteiger partial charge on any atom is -0.465 e. The van der Waals surface area contributed by atoms with Gasteiger partial charge in [0.15, 0.2) is 0 Å². The van der Waals surface area contributed by atoms with Gasteiger partial charge in [0.2, 0.25) is 5.91 Å². The lowest BCUT2D eigenvalue weighted by Crippen LogP contribution is -2.49. The molecule has 0 aliphatic carbocycles. The van der Waals surface area contributed by atoms with Gasteiger partial charge in [-0.05, 0) is 57.5 Å². The lowest BCUT2D eigenvalue weighted by molar-refractivity contribution is -0.138. The molecular formula is C28H37FN2O5Si. The third-order valence-electron chi connectivity index (χ3n) is 6.47. The number of halogens is 1. The number of ether oxygens (including phenoxy) is 2. The van der Waals surface area contributed by atoms with Crippen LogP contribution < -0.4 is 0 Å². The van der Waals surface area contributed by atoms with E-state index in [1.807, 2.05) is 0 Å². The van der Waals surface area contributed by atoms with Gasteiger partial charge in [0, 0.05) is 18.3 Å². The molecule has 1 heterocycles. The third kappa shape index (κ3) is 6.97. The first kappa shape index (κ1) is 28.4. The van der Waals surface area contributed by atoms with Crippen LogP contribution >= 0.6 is 0 Å². The maximum Gasteiger partial charge on any atom is 0.410 e. The second-order valence-electron chi connectivity index (χ2n) is 11.3. The predicted octanol–water partition coefficient (Wildman–Crippen LogP) is 5.57. The molecular weight excluding hydrogens is 491 g/mol. The van der Waals surface area contributed by atoms with Crippen LogP contribution in [0.3, 0.4) is 0 Å². The van der Waals surface area contributed by atoms with E-state index in [0.29, 0.717) is 23.3 Å². The molecule has 200 valence electrons. The van der Waals surface area contributed by atoms with Crippen molar-refractivity contribution in [2.75, 3.05) is 13.3 Å². The average Bonchev–Trinajstić information content (AvgIpc) is 3.16. The van der Waals surface area contributed by atoms with Gasteiger partial charge >= 0.3 is 12.1 Å². The summed E-state index contributed by atoms with van der Waals surface area (Å²) in [7, 11) is -0.587. The zero-order valence-electron chi connectivity index (χ0n) is 22.7. The van der Waals surface area contributed by atoms with Gasteiger partial charge in [0.05, 0.1) is 26.8 Å². The van der Waals surface area contributed by atoms with Gasteiger partial charge in [0.1, 0.15) is 17.5 Å². The molecule has 0 radical (unpaired) electrons. The van der Waals surface area contributed by atoms with Gasteiger partial charge in [-0.2, -0.15) is 0 Å². The quantitative estimate of drug-likeness (QED) is 0.362. The van der Waals surface area contributed by atoms with Gasteiger partial charge < -0.3 is 14.4 Å². The van der Waals surface area contributed by atoms with Crippen LogP contribution in [-0.2, 0) is 20.8 Å². The molecule has 1 fully saturated rings. The molecule has 2 unspecified atom stereocenters. The molecule has 37 heavy (non-hydrogen) atoms. The zero-order valence-corrected chi connectivity index (χ0v) is 23.7. The molecule has 1 aliphatic rings. The highest BCUT2D eigenvalue weighted by Gasteiger charge is 2.48. The molecule has 2 atom stereocenters. The second kappa shape index (κ2) is 11.0. The molecule has 3 rings (SSSR count). The third-order valence-corrected chi connectivity index (χ3v) is 9.16. The molecule has 9 heteroatoms. The molecule has 0 bridgehead atoms. The van der Waals surface area contributed by atoms with Crippen LogP contribution in [0.25, 0.3) is 0 Å². The van der Waals surface area contributed by atoms with Crippen molar-refractivity contribution in [2.45, 2.75) is 71.1 Å². The monoisotopic (exact) mass is 528 g/mol. The van der Waals surface area contributed by atoms with Crippen molar-refractivity contribution in [3.05, 3.63) is 71.0 Å². The molecule has 2 aromatic carbocycles. The van der Waals surface area contributed by atoms with Crippen molar-refractivity contribution in [1.29, 1.82) is 0 Å². The SMILES string of the molecule is COC(=O)c1ccc(CN(C(=O)C2C[Si](C)(C)CN2C(=O)OC(C)(C)C)C(C)c2ccccc2F)cc1. The van der Waals surface area contributed by atoms with Gasteiger partial charge in [-0.3, -0.25) is 9.69 Å². The molecule has 0 spiro atoms. The fourth-order valence-corrected chi connectivity index (χ4v) is 7.48. The van der Waals surface area contributed by atoms with E-state index in [1.165, 1.54) is 13.2 Å². The Morgan fingerprint density at radius 3 is 2.30 bits per heavy atom. The van der Waals surface area contributed by atoms with Crippen LogP contribution in [0.1, 0.15) is 55.2 Å². The molecule has 2 amide bonds. The van der Waals surface area contributed by atoms with E-state index in [4.69, 9.17) is 9.47 Å². The van der Waals surface area contributed by atoms with E-state index in [2.05, 4.69) is 13.1 Å². The first-order valence-corrected chi connectivity index (χ1v) is 15.9. The van der Waals surface area contributed by atoms with E-state index in [-0.39, 0.29) is 12.5 Å². The number of esters is 1. The number of carbonyl (C=O) groups excluding carboxylic acids is 3. The number of methoxy groups -OCH3 is 1. The summed E-state index contributed by atoms with van der Waals surface area (Å²) in [6.07, 6.45) is -0.00140. The van der Waals surface area contributed by atoms with Crippen LogP contribution in [0, 0.1) is 5.82 Å². The second-order valence-corrected chi connectivity index (χ2v) is 16.4. The Bertz CT molecular complexity index is 1150. The minimum absolute atomic E-state index is 0.177. The number of carbonyl (C=O) groups is 3. The Labute approximate surface area is 219 Å². The molecule has 0 N–H and O–H groups in total. The van der Waals surface area contributed by atoms with E-state index in [1.54, 1.807) is 80.0 Å². The predicted molar refractivity (Wildman–Crippen MR) is 142 cm³/mol. The normalized spacial score (nSPS) is 17.7. The fourth-order valence-electron chi connectivity index (χ4n) is 4.64. The number of hydrogen-bond acceptors (Lipinski definition) is 5. The van der Waals surface area contributed by atoms with Gasteiger partial charge in [0.25, 0.3) is 0 Å². The lowest BCUT2D eigenvalue weighted by Gasteiger charge is -2.35. The summed E-state index contributed by atoms with van der Waals surface area (Å²) in [5.41, 5.74) is 0.856. The number of nitrogens with zero attached hydrogens (tertiary/aromatic N) is 2. The van der Waals surface area contributed by atoms with E-state index in [9.17, 15) is 18.8 Å². The summed E-state index contributed by atoms with van der Waals surface area (Å²) < 4.78 is 25.2. The largest absolute Gasteiger partial charge is 0.465 e. The highest BCUT2D eigenvalue weighted by atomic mass is 28.3. The van der Waals surface area contributed by atoms with Crippen molar-refractivity contribution in [2.24, 2.45) is 0 Å². The Hall–Kier alpha value is -3.20. The van der Waals surface area contributed by atoms with Crippen molar-refractivity contribution in [1.82, 2.24) is 9.80 Å². The number of hydrogen-bond donors (Lipinski definition) is 0. The smallest absolute Gasteiger partial charge is 0.410 e. The summed E-state index contributed by atoms with van der Waals surface area (Å²) >= 11 is 0. The molecule has 1 saturated heterocycles. The highest BCUT2D eigenvalue weighted by molar-refractivity contribution is 6.79. The molecule has 2 aromatic rings. The lowest BCUT2D eigenvalue weighted by atomic mass is 10.0. The maximum atomic E-state index is 14.8. The summed E-state index contributed by atoms with van der Waals surface area (Å²) in [6, 6.07) is 12.5. The van der Waals surface area contributed by atoms with Gasteiger partial charge in [-0.25, -0.2) is 14.0 Å². The first-order chi connectivity index (χ1) is 17.2. The van der Waals surface area contributed by atoms with E-state index < -0.39 is 43.6 Å². The molecule has 0 saturated carbocycles. The maximum absolute atomic E-state index is 14.8. The molecule has 1 aliphatic heterocycles.